The third-order valence-electron chi connectivity index (χ3n) is 3.83. The van der Waals surface area contributed by atoms with Gasteiger partial charge in [-0.1, -0.05) is 30.3 Å². The molecule has 0 saturated heterocycles. The lowest BCUT2D eigenvalue weighted by Crippen LogP contribution is -2.21. The van der Waals surface area contributed by atoms with Crippen LogP contribution in [0.1, 0.15) is 21.5 Å². The fourth-order valence-corrected chi connectivity index (χ4v) is 3.01. The molecule has 0 aliphatic rings. The predicted molar refractivity (Wildman–Crippen MR) is 102 cm³/mol. The van der Waals surface area contributed by atoms with Gasteiger partial charge in [0.05, 0.1) is 12.2 Å². The van der Waals surface area contributed by atoms with E-state index in [2.05, 4.69) is 40.0 Å². The van der Waals surface area contributed by atoms with E-state index in [1.54, 1.807) is 12.1 Å². The molecule has 134 valence electrons. The van der Waals surface area contributed by atoms with Gasteiger partial charge in [0.15, 0.2) is 0 Å². The summed E-state index contributed by atoms with van der Waals surface area (Å²) in [4.78, 5) is 14.2. The maximum atomic E-state index is 12.0. The van der Waals surface area contributed by atoms with Crippen molar-refractivity contribution < 1.29 is 14.6 Å². The molecule has 0 heterocycles. The lowest BCUT2D eigenvalue weighted by Gasteiger charge is -2.18. The number of nitrogen functional groups attached to an aromatic ring is 1. The number of likely N-dealkylation sites (N-methyl/N-ethyl adjacent to an activating group) is 1. The average molecular weight is 407 g/mol. The van der Waals surface area contributed by atoms with Crippen molar-refractivity contribution in [2.45, 2.75) is 13.0 Å². The molecule has 0 spiro atoms. The smallest absolute Gasteiger partial charge is 0.338 e. The lowest BCUT2D eigenvalue weighted by molar-refractivity contribution is 0.0433. The number of rotatable bonds is 8. The molecule has 0 aliphatic heterocycles. The van der Waals surface area contributed by atoms with Gasteiger partial charge in [0, 0.05) is 23.2 Å². The Morgan fingerprint density at radius 2 is 2.00 bits per heavy atom. The monoisotopic (exact) mass is 406 g/mol. The highest BCUT2D eigenvalue weighted by Gasteiger charge is 2.13. The van der Waals surface area contributed by atoms with Gasteiger partial charge in [-0.05, 0) is 52.7 Å². The molecule has 2 rings (SSSR count). The minimum absolute atomic E-state index is 0.0179. The molecule has 0 bridgehead atoms. The highest BCUT2D eigenvalue weighted by molar-refractivity contribution is 9.10. The first kappa shape index (κ1) is 19.4. The number of carbonyl (C=O) groups excluding carboxylic acids is 1. The van der Waals surface area contributed by atoms with E-state index in [9.17, 15) is 4.79 Å². The molecule has 0 saturated carbocycles. The fourth-order valence-electron chi connectivity index (χ4n) is 2.51. The van der Waals surface area contributed by atoms with Crippen LogP contribution in [0.25, 0.3) is 0 Å². The van der Waals surface area contributed by atoms with E-state index in [1.807, 2.05) is 18.2 Å². The number of nitrogens with zero attached hydrogens (tertiary/aromatic N) is 1. The second kappa shape index (κ2) is 9.56. The quantitative estimate of drug-likeness (QED) is 0.520. The predicted octanol–water partition coefficient (Wildman–Crippen LogP) is 2.85. The Bertz CT molecular complexity index is 707. The second-order valence-corrected chi connectivity index (χ2v) is 6.72. The van der Waals surface area contributed by atoms with Crippen LogP contribution in [-0.2, 0) is 17.7 Å². The lowest BCUT2D eigenvalue weighted by atomic mass is 10.1. The maximum Gasteiger partial charge on any atom is 0.338 e. The van der Waals surface area contributed by atoms with Crippen LogP contribution in [0.4, 0.5) is 5.69 Å². The molecule has 6 heteroatoms. The highest BCUT2D eigenvalue weighted by Crippen LogP contribution is 2.26. The minimum atomic E-state index is -0.464. The first-order valence-corrected chi connectivity index (χ1v) is 8.89. The first-order chi connectivity index (χ1) is 12.0. The number of hydrogen-bond donors (Lipinski definition) is 2. The summed E-state index contributed by atoms with van der Waals surface area (Å²) >= 11 is 3.40. The van der Waals surface area contributed by atoms with Gasteiger partial charge in [-0.15, -0.1) is 0 Å². The summed E-state index contributed by atoms with van der Waals surface area (Å²) in [5, 5.41) is 8.77. The Balaban J connectivity index is 2.02. The Morgan fingerprint density at radius 1 is 1.28 bits per heavy atom. The largest absolute Gasteiger partial charge is 0.460 e. The van der Waals surface area contributed by atoms with Gasteiger partial charge in [0.2, 0.25) is 0 Å². The van der Waals surface area contributed by atoms with Gasteiger partial charge >= 0.3 is 5.97 Å². The van der Waals surface area contributed by atoms with Crippen molar-refractivity contribution in [3.05, 3.63) is 63.6 Å². The van der Waals surface area contributed by atoms with Crippen LogP contribution in [0.2, 0.25) is 0 Å². The molecule has 0 fully saturated rings. The third kappa shape index (κ3) is 5.85. The zero-order valence-corrected chi connectivity index (χ0v) is 15.8. The van der Waals surface area contributed by atoms with E-state index in [-0.39, 0.29) is 13.2 Å². The van der Waals surface area contributed by atoms with Crippen LogP contribution in [0.15, 0.2) is 46.9 Å². The molecule has 0 amide bonds. The summed E-state index contributed by atoms with van der Waals surface area (Å²) < 4.78 is 5.64. The van der Waals surface area contributed by atoms with Crippen LogP contribution in [0.3, 0.4) is 0 Å². The Morgan fingerprint density at radius 3 is 2.68 bits per heavy atom. The van der Waals surface area contributed by atoms with Crippen molar-refractivity contribution in [1.82, 2.24) is 4.90 Å². The highest BCUT2D eigenvalue weighted by atomic mass is 79.9. The fraction of sp³-hybridized carbons (Fsp3) is 0.316. The Labute approximate surface area is 156 Å². The number of aliphatic hydroxyl groups is 1. The van der Waals surface area contributed by atoms with Crippen molar-refractivity contribution in [2.24, 2.45) is 0 Å². The van der Waals surface area contributed by atoms with Gasteiger partial charge in [0.1, 0.15) is 6.61 Å². The molecule has 25 heavy (non-hydrogen) atoms. The summed E-state index contributed by atoms with van der Waals surface area (Å²) in [5.74, 6) is -0.464. The third-order valence-corrected chi connectivity index (χ3v) is 4.49. The standard InChI is InChI=1S/C19H23BrN2O3/c1-22(13-14-5-3-2-4-6-14)8-7-15-11-16(12-17(20)18(15)21)19(24)25-10-9-23/h2-6,11-12,23H,7-10,13,21H2,1H3. The van der Waals surface area contributed by atoms with E-state index < -0.39 is 5.97 Å². The van der Waals surface area contributed by atoms with E-state index >= 15 is 0 Å². The molecule has 5 nitrogen and oxygen atoms in total. The molecular formula is C19H23BrN2O3. The SMILES string of the molecule is CN(CCc1cc(C(=O)OCCO)cc(Br)c1N)Cc1ccccc1. The van der Waals surface area contributed by atoms with E-state index in [4.69, 9.17) is 15.6 Å². The summed E-state index contributed by atoms with van der Waals surface area (Å²) in [6.45, 7) is 1.44. The van der Waals surface area contributed by atoms with Crippen LogP contribution >= 0.6 is 15.9 Å². The first-order valence-electron chi connectivity index (χ1n) is 8.09. The maximum absolute atomic E-state index is 12.0. The summed E-state index contributed by atoms with van der Waals surface area (Å²) in [6, 6.07) is 13.7. The van der Waals surface area contributed by atoms with Crippen molar-refractivity contribution in [1.29, 1.82) is 0 Å². The number of carbonyl (C=O) groups is 1. The molecule has 2 aromatic rings. The van der Waals surface area contributed by atoms with Crippen LogP contribution in [0, 0.1) is 0 Å². The average Bonchev–Trinajstić information content (AvgIpc) is 2.61. The van der Waals surface area contributed by atoms with Crippen molar-refractivity contribution in [2.75, 3.05) is 32.5 Å². The molecule has 0 atom stereocenters. The number of hydrogen-bond acceptors (Lipinski definition) is 5. The minimum Gasteiger partial charge on any atom is -0.460 e. The van der Waals surface area contributed by atoms with E-state index in [1.165, 1.54) is 5.56 Å². The zero-order valence-electron chi connectivity index (χ0n) is 14.2. The van der Waals surface area contributed by atoms with Crippen molar-refractivity contribution in [3.8, 4) is 0 Å². The number of halogens is 1. The van der Waals surface area contributed by atoms with Gasteiger partial charge in [-0.3, -0.25) is 0 Å². The Hall–Kier alpha value is -1.89. The van der Waals surface area contributed by atoms with Crippen LogP contribution < -0.4 is 5.73 Å². The molecule has 3 N–H and O–H groups in total. The Kier molecular flexibility index (Phi) is 7.43. The van der Waals surface area contributed by atoms with Crippen LogP contribution in [0.5, 0.6) is 0 Å². The summed E-state index contributed by atoms with van der Waals surface area (Å²) in [7, 11) is 2.05. The molecule has 0 aromatic heterocycles. The topological polar surface area (TPSA) is 75.8 Å². The van der Waals surface area contributed by atoms with Gasteiger partial charge in [-0.2, -0.15) is 0 Å². The van der Waals surface area contributed by atoms with E-state index in [0.717, 1.165) is 25.1 Å². The van der Waals surface area contributed by atoms with E-state index in [0.29, 0.717) is 15.7 Å². The number of aliphatic hydroxyl groups excluding tert-OH is 1. The summed E-state index contributed by atoms with van der Waals surface area (Å²) in [6.07, 6.45) is 0.717. The number of anilines is 1. The van der Waals surface area contributed by atoms with Gasteiger partial charge < -0.3 is 20.5 Å². The summed E-state index contributed by atoms with van der Waals surface area (Å²) in [5.41, 5.74) is 9.33. The van der Waals surface area contributed by atoms with Gasteiger partial charge in [-0.25, -0.2) is 4.79 Å². The molecule has 0 radical (unpaired) electrons. The van der Waals surface area contributed by atoms with Gasteiger partial charge in [0.25, 0.3) is 0 Å². The number of esters is 1. The van der Waals surface area contributed by atoms with Crippen molar-refractivity contribution in [3.63, 3.8) is 0 Å². The number of ether oxygens (including phenoxy) is 1. The number of nitrogens with two attached hydrogens (primary N) is 1. The molecule has 0 aliphatic carbocycles. The molecule has 0 unspecified atom stereocenters. The van der Waals surface area contributed by atoms with Crippen molar-refractivity contribution >= 4 is 27.6 Å². The second-order valence-electron chi connectivity index (χ2n) is 5.86. The molecular weight excluding hydrogens is 384 g/mol. The number of benzene rings is 2. The van der Waals surface area contributed by atoms with Crippen LogP contribution in [-0.4, -0.2) is 42.8 Å². The molecule has 2 aromatic carbocycles. The normalized spacial score (nSPS) is 10.9. The zero-order chi connectivity index (χ0) is 18.2.